The first-order valence-electron chi connectivity index (χ1n) is 7.69. The highest BCUT2D eigenvalue weighted by Crippen LogP contribution is 2.17. The molecule has 21 heavy (non-hydrogen) atoms. The van der Waals surface area contributed by atoms with Crippen LogP contribution in [-0.2, 0) is 16.0 Å². The second-order valence-electron chi connectivity index (χ2n) is 5.18. The average molecular weight is 293 g/mol. The molecule has 1 unspecified atom stereocenters. The Labute approximate surface area is 127 Å². The van der Waals surface area contributed by atoms with Gasteiger partial charge in [-0.05, 0) is 44.5 Å². The van der Waals surface area contributed by atoms with Gasteiger partial charge >= 0.3 is 5.97 Å². The highest BCUT2D eigenvalue weighted by molar-refractivity contribution is 5.80. The molecule has 0 amide bonds. The zero-order chi connectivity index (χ0) is 15.7. The quantitative estimate of drug-likeness (QED) is 0.711. The molecule has 0 heterocycles. The summed E-state index contributed by atoms with van der Waals surface area (Å²) in [6.07, 6.45) is 1.55. The molecule has 0 spiro atoms. The zero-order valence-corrected chi connectivity index (χ0v) is 13.6. The Morgan fingerprint density at radius 3 is 2.67 bits per heavy atom. The fourth-order valence-corrected chi connectivity index (χ4v) is 2.17. The number of esters is 1. The van der Waals surface area contributed by atoms with Crippen LogP contribution in [0.15, 0.2) is 24.3 Å². The van der Waals surface area contributed by atoms with Crippen LogP contribution < -0.4 is 10.1 Å². The number of carbonyl (C=O) groups is 1. The molecule has 0 bridgehead atoms. The van der Waals surface area contributed by atoms with Gasteiger partial charge in [-0.1, -0.05) is 26.0 Å². The Balaban J connectivity index is 2.58. The topological polar surface area (TPSA) is 47.6 Å². The van der Waals surface area contributed by atoms with Crippen molar-refractivity contribution in [3.63, 3.8) is 0 Å². The first kappa shape index (κ1) is 17.5. The summed E-state index contributed by atoms with van der Waals surface area (Å²) in [5, 5.41) is 3.20. The van der Waals surface area contributed by atoms with Crippen molar-refractivity contribution in [3.05, 3.63) is 29.8 Å². The van der Waals surface area contributed by atoms with Crippen LogP contribution in [0.3, 0.4) is 0 Å². The maximum absolute atomic E-state index is 12.1. The molecule has 0 saturated heterocycles. The SMILES string of the molecule is CCNC(C)(CCOc1cccc(CC)c1)C(=O)OCC. The first-order chi connectivity index (χ1) is 10.1. The molecule has 0 aliphatic rings. The van der Waals surface area contributed by atoms with Gasteiger partial charge in [-0.2, -0.15) is 0 Å². The predicted octanol–water partition coefficient (Wildman–Crippen LogP) is 2.95. The molecule has 1 rings (SSSR count). The van der Waals surface area contributed by atoms with Crippen molar-refractivity contribution in [1.29, 1.82) is 0 Å². The van der Waals surface area contributed by atoms with Crippen molar-refractivity contribution in [2.24, 2.45) is 0 Å². The Kier molecular flexibility index (Phi) is 7.23. The first-order valence-corrected chi connectivity index (χ1v) is 7.69. The molecular weight excluding hydrogens is 266 g/mol. The van der Waals surface area contributed by atoms with E-state index in [4.69, 9.17) is 9.47 Å². The minimum atomic E-state index is -0.701. The van der Waals surface area contributed by atoms with E-state index >= 15 is 0 Å². The molecule has 0 aromatic heterocycles. The molecule has 4 nitrogen and oxygen atoms in total. The maximum Gasteiger partial charge on any atom is 0.326 e. The summed E-state index contributed by atoms with van der Waals surface area (Å²) in [6, 6.07) is 8.04. The molecule has 0 radical (unpaired) electrons. The van der Waals surface area contributed by atoms with E-state index in [-0.39, 0.29) is 5.97 Å². The molecular formula is C17H27NO3. The lowest BCUT2D eigenvalue weighted by Gasteiger charge is -2.28. The third-order valence-electron chi connectivity index (χ3n) is 3.47. The molecule has 0 aliphatic heterocycles. The number of hydrogen-bond donors (Lipinski definition) is 1. The standard InChI is InChI=1S/C17H27NO3/c1-5-14-9-8-10-15(13-14)21-12-11-17(4,18-6-2)16(19)20-7-3/h8-10,13,18H,5-7,11-12H2,1-4H3. The number of rotatable bonds is 9. The van der Waals surface area contributed by atoms with E-state index in [0.717, 1.165) is 12.2 Å². The molecule has 0 fully saturated rings. The Hall–Kier alpha value is -1.55. The summed E-state index contributed by atoms with van der Waals surface area (Å²) in [4.78, 5) is 12.1. The second kappa shape index (κ2) is 8.67. The van der Waals surface area contributed by atoms with E-state index < -0.39 is 5.54 Å². The van der Waals surface area contributed by atoms with E-state index in [9.17, 15) is 4.79 Å². The maximum atomic E-state index is 12.1. The molecule has 0 saturated carbocycles. The zero-order valence-electron chi connectivity index (χ0n) is 13.6. The lowest BCUT2D eigenvalue weighted by Crippen LogP contribution is -2.51. The number of likely N-dealkylation sites (N-methyl/N-ethyl adjacent to an activating group) is 1. The smallest absolute Gasteiger partial charge is 0.326 e. The average Bonchev–Trinajstić information content (AvgIpc) is 2.48. The lowest BCUT2D eigenvalue weighted by atomic mass is 9.98. The van der Waals surface area contributed by atoms with Crippen molar-refractivity contribution in [2.75, 3.05) is 19.8 Å². The molecule has 1 atom stereocenters. The largest absolute Gasteiger partial charge is 0.493 e. The number of aryl methyl sites for hydroxylation is 1. The summed E-state index contributed by atoms with van der Waals surface area (Å²) in [5.74, 6) is 0.620. The van der Waals surface area contributed by atoms with Crippen molar-refractivity contribution in [3.8, 4) is 5.75 Å². The van der Waals surface area contributed by atoms with Crippen LogP contribution in [0, 0.1) is 0 Å². The van der Waals surface area contributed by atoms with Gasteiger partial charge in [0.1, 0.15) is 11.3 Å². The van der Waals surface area contributed by atoms with E-state index in [2.05, 4.69) is 18.3 Å². The van der Waals surface area contributed by atoms with Gasteiger partial charge in [-0.15, -0.1) is 0 Å². The van der Waals surface area contributed by atoms with Crippen LogP contribution in [0.25, 0.3) is 0 Å². The van der Waals surface area contributed by atoms with Gasteiger partial charge < -0.3 is 14.8 Å². The predicted molar refractivity (Wildman–Crippen MR) is 84.6 cm³/mol. The van der Waals surface area contributed by atoms with Gasteiger partial charge in [0.15, 0.2) is 0 Å². The number of benzene rings is 1. The summed E-state index contributed by atoms with van der Waals surface area (Å²) in [7, 11) is 0. The van der Waals surface area contributed by atoms with Crippen LogP contribution in [0.5, 0.6) is 5.75 Å². The lowest BCUT2D eigenvalue weighted by molar-refractivity contribution is -0.151. The number of carbonyl (C=O) groups excluding carboxylic acids is 1. The molecule has 0 aliphatic carbocycles. The van der Waals surface area contributed by atoms with Crippen LogP contribution in [0.1, 0.15) is 39.7 Å². The van der Waals surface area contributed by atoms with E-state index in [0.29, 0.717) is 26.2 Å². The second-order valence-corrected chi connectivity index (χ2v) is 5.18. The number of nitrogens with one attached hydrogen (secondary N) is 1. The fourth-order valence-electron chi connectivity index (χ4n) is 2.17. The van der Waals surface area contributed by atoms with Crippen LogP contribution in [-0.4, -0.2) is 31.3 Å². The van der Waals surface area contributed by atoms with Gasteiger partial charge in [0.25, 0.3) is 0 Å². The molecule has 1 N–H and O–H groups in total. The minimum Gasteiger partial charge on any atom is -0.493 e. The molecule has 1 aromatic rings. The van der Waals surface area contributed by atoms with Gasteiger partial charge in [0.05, 0.1) is 13.2 Å². The Morgan fingerprint density at radius 1 is 1.29 bits per heavy atom. The molecule has 4 heteroatoms. The highest BCUT2D eigenvalue weighted by atomic mass is 16.5. The Bertz CT molecular complexity index is 447. The van der Waals surface area contributed by atoms with E-state index in [1.807, 2.05) is 39.0 Å². The van der Waals surface area contributed by atoms with E-state index in [1.165, 1.54) is 5.56 Å². The summed E-state index contributed by atoms with van der Waals surface area (Å²) in [6.45, 7) is 9.33. The molecule has 118 valence electrons. The van der Waals surface area contributed by atoms with Crippen molar-refractivity contribution in [2.45, 2.75) is 46.1 Å². The normalized spacial score (nSPS) is 13.5. The van der Waals surface area contributed by atoms with Crippen LogP contribution in [0.2, 0.25) is 0 Å². The third kappa shape index (κ3) is 5.38. The number of ether oxygens (including phenoxy) is 2. The summed E-state index contributed by atoms with van der Waals surface area (Å²) < 4.78 is 10.9. The summed E-state index contributed by atoms with van der Waals surface area (Å²) >= 11 is 0. The van der Waals surface area contributed by atoms with Crippen molar-refractivity contribution < 1.29 is 14.3 Å². The van der Waals surface area contributed by atoms with E-state index in [1.54, 1.807) is 0 Å². The minimum absolute atomic E-state index is 0.224. The van der Waals surface area contributed by atoms with Crippen molar-refractivity contribution >= 4 is 5.97 Å². The van der Waals surface area contributed by atoms with Gasteiger partial charge in [-0.3, -0.25) is 4.79 Å². The fraction of sp³-hybridized carbons (Fsp3) is 0.588. The Morgan fingerprint density at radius 2 is 2.05 bits per heavy atom. The van der Waals surface area contributed by atoms with Gasteiger partial charge in [-0.25, -0.2) is 0 Å². The van der Waals surface area contributed by atoms with Crippen molar-refractivity contribution in [1.82, 2.24) is 5.32 Å². The highest BCUT2D eigenvalue weighted by Gasteiger charge is 2.33. The van der Waals surface area contributed by atoms with Crippen LogP contribution in [0.4, 0.5) is 0 Å². The summed E-state index contributed by atoms with van der Waals surface area (Å²) in [5.41, 5.74) is 0.542. The van der Waals surface area contributed by atoms with Gasteiger partial charge in [0, 0.05) is 6.42 Å². The van der Waals surface area contributed by atoms with Gasteiger partial charge in [0.2, 0.25) is 0 Å². The molecule has 1 aromatic carbocycles. The number of hydrogen-bond acceptors (Lipinski definition) is 4. The monoisotopic (exact) mass is 293 g/mol. The third-order valence-corrected chi connectivity index (χ3v) is 3.47. The van der Waals surface area contributed by atoms with Crippen LogP contribution >= 0.6 is 0 Å².